The summed E-state index contributed by atoms with van der Waals surface area (Å²) in [4.78, 5) is 11.4. The predicted molar refractivity (Wildman–Crippen MR) is 80.3 cm³/mol. The summed E-state index contributed by atoms with van der Waals surface area (Å²) in [5.74, 6) is 0.292. The van der Waals surface area contributed by atoms with Gasteiger partial charge in [0.1, 0.15) is 5.78 Å². The van der Waals surface area contributed by atoms with E-state index >= 15 is 0 Å². The van der Waals surface area contributed by atoms with Gasteiger partial charge in [-0.1, -0.05) is 62.4 Å². The Hall–Kier alpha value is -1.89. The molecule has 0 heterocycles. The lowest BCUT2D eigenvalue weighted by Crippen LogP contribution is -1.99. The van der Waals surface area contributed by atoms with E-state index in [4.69, 9.17) is 0 Å². The van der Waals surface area contributed by atoms with Gasteiger partial charge in [0.2, 0.25) is 0 Å². The molecule has 0 saturated carbocycles. The van der Waals surface area contributed by atoms with Crippen LogP contribution in [-0.2, 0) is 17.6 Å². The van der Waals surface area contributed by atoms with Gasteiger partial charge in [0, 0.05) is 12.8 Å². The molecule has 0 aliphatic heterocycles. The van der Waals surface area contributed by atoms with Crippen molar-refractivity contribution < 1.29 is 4.79 Å². The fourth-order valence-electron chi connectivity index (χ4n) is 2.10. The Labute approximate surface area is 115 Å². The van der Waals surface area contributed by atoms with Gasteiger partial charge in [-0.05, 0) is 28.7 Å². The van der Waals surface area contributed by atoms with E-state index in [1.165, 1.54) is 16.7 Å². The van der Waals surface area contributed by atoms with Gasteiger partial charge in [0.05, 0.1) is 0 Å². The third-order valence-electron chi connectivity index (χ3n) is 3.45. The van der Waals surface area contributed by atoms with Gasteiger partial charge in [-0.15, -0.1) is 0 Å². The highest BCUT2D eigenvalue weighted by Gasteiger charge is 2.02. The fraction of sp³-hybridized carbons (Fsp3) is 0.278. The molecule has 1 heteroatoms. The van der Waals surface area contributed by atoms with Crippen LogP contribution in [0.5, 0.6) is 0 Å². The van der Waals surface area contributed by atoms with E-state index in [0.717, 1.165) is 12.0 Å². The topological polar surface area (TPSA) is 17.1 Å². The predicted octanol–water partition coefficient (Wildman–Crippen LogP) is 4.44. The summed E-state index contributed by atoms with van der Waals surface area (Å²) in [5.41, 5.74) is 4.88. The molecular formula is C18H20O. The molecule has 0 saturated heterocycles. The van der Waals surface area contributed by atoms with E-state index in [1.54, 1.807) is 0 Å². The molecule has 0 bridgehead atoms. The number of carbonyl (C=O) groups excluding carboxylic acids is 1. The molecule has 2 aromatic rings. The smallest absolute Gasteiger partial charge is 0.136 e. The Morgan fingerprint density at radius 3 is 1.68 bits per heavy atom. The maximum atomic E-state index is 11.4. The number of hydrogen-bond acceptors (Lipinski definition) is 1. The first kappa shape index (κ1) is 13.5. The zero-order valence-electron chi connectivity index (χ0n) is 11.6. The SMILES string of the molecule is CCC(=O)Cc1ccc(-c2ccc(CC)cc2)cc1. The highest BCUT2D eigenvalue weighted by Crippen LogP contribution is 2.20. The van der Waals surface area contributed by atoms with E-state index in [2.05, 4.69) is 55.5 Å². The molecular weight excluding hydrogens is 232 g/mol. The number of aryl methyl sites for hydroxylation is 1. The Morgan fingerprint density at radius 1 is 0.789 bits per heavy atom. The second-order valence-corrected chi connectivity index (χ2v) is 4.82. The van der Waals surface area contributed by atoms with Crippen LogP contribution in [-0.4, -0.2) is 5.78 Å². The molecule has 0 N–H and O–H groups in total. The number of Topliss-reactive ketones (excluding diaryl/α,β-unsaturated/α-hetero) is 1. The zero-order chi connectivity index (χ0) is 13.7. The molecule has 0 spiro atoms. The van der Waals surface area contributed by atoms with Crippen molar-refractivity contribution >= 4 is 5.78 Å². The van der Waals surface area contributed by atoms with Gasteiger partial charge >= 0.3 is 0 Å². The summed E-state index contributed by atoms with van der Waals surface area (Å²) in [7, 11) is 0. The van der Waals surface area contributed by atoms with Crippen LogP contribution in [0.15, 0.2) is 48.5 Å². The average molecular weight is 252 g/mol. The Morgan fingerprint density at radius 2 is 1.26 bits per heavy atom. The van der Waals surface area contributed by atoms with Crippen LogP contribution in [0.1, 0.15) is 31.4 Å². The van der Waals surface area contributed by atoms with Crippen molar-refractivity contribution in [3.63, 3.8) is 0 Å². The van der Waals surface area contributed by atoms with Crippen molar-refractivity contribution in [1.29, 1.82) is 0 Å². The molecule has 0 unspecified atom stereocenters. The molecule has 2 rings (SSSR count). The molecule has 0 fully saturated rings. The Bertz CT molecular complexity index is 535. The lowest BCUT2D eigenvalue weighted by atomic mass is 10.00. The summed E-state index contributed by atoms with van der Waals surface area (Å²) in [6.07, 6.45) is 2.23. The average Bonchev–Trinajstić information content (AvgIpc) is 2.48. The van der Waals surface area contributed by atoms with E-state index in [-0.39, 0.29) is 0 Å². The highest BCUT2D eigenvalue weighted by molar-refractivity contribution is 5.80. The molecule has 0 aromatic heterocycles. The van der Waals surface area contributed by atoms with Crippen LogP contribution in [0.4, 0.5) is 0 Å². The van der Waals surface area contributed by atoms with Crippen LogP contribution < -0.4 is 0 Å². The van der Waals surface area contributed by atoms with Crippen LogP contribution in [0.25, 0.3) is 11.1 Å². The van der Waals surface area contributed by atoms with Crippen LogP contribution in [0.3, 0.4) is 0 Å². The number of hydrogen-bond donors (Lipinski definition) is 0. The van der Waals surface area contributed by atoms with Gasteiger partial charge in [0.15, 0.2) is 0 Å². The van der Waals surface area contributed by atoms with Crippen molar-refractivity contribution in [1.82, 2.24) is 0 Å². The molecule has 0 amide bonds. The van der Waals surface area contributed by atoms with E-state index < -0.39 is 0 Å². The third-order valence-corrected chi connectivity index (χ3v) is 3.45. The maximum absolute atomic E-state index is 11.4. The first-order valence-electron chi connectivity index (χ1n) is 6.93. The van der Waals surface area contributed by atoms with Crippen LogP contribution in [0, 0.1) is 0 Å². The van der Waals surface area contributed by atoms with Gasteiger partial charge in [-0.2, -0.15) is 0 Å². The minimum atomic E-state index is 0.292. The van der Waals surface area contributed by atoms with Crippen LogP contribution >= 0.6 is 0 Å². The van der Waals surface area contributed by atoms with Crippen molar-refractivity contribution in [2.75, 3.05) is 0 Å². The monoisotopic (exact) mass is 252 g/mol. The minimum Gasteiger partial charge on any atom is -0.299 e. The zero-order valence-corrected chi connectivity index (χ0v) is 11.6. The van der Waals surface area contributed by atoms with Gasteiger partial charge < -0.3 is 0 Å². The molecule has 0 atom stereocenters. The second kappa shape index (κ2) is 6.33. The molecule has 1 nitrogen and oxygen atoms in total. The van der Waals surface area contributed by atoms with E-state index in [9.17, 15) is 4.79 Å². The van der Waals surface area contributed by atoms with Crippen molar-refractivity contribution in [3.8, 4) is 11.1 Å². The number of ketones is 1. The first-order valence-corrected chi connectivity index (χ1v) is 6.93. The Balaban J connectivity index is 2.14. The molecule has 0 radical (unpaired) electrons. The lowest BCUT2D eigenvalue weighted by Gasteiger charge is -2.05. The van der Waals surface area contributed by atoms with Crippen molar-refractivity contribution in [3.05, 3.63) is 59.7 Å². The summed E-state index contributed by atoms with van der Waals surface area (Å²) in [6, 6.07) is 17.0. The van der Waals surface area contributed by atoms with E-state index in [1.807, 2.05) is 6.92 Å². The highest BCUT2D eigenvalue weighted by atomic mass is 16.1. The number of rotatable bonds is 5. The van der Waals surface area contributed by atoms with Crippen LogP contribution in [0.2, 0.25) is 0 Å². The van der Waals surface area contributed by atoms with Crippen molar-refractivity contribution in [2.45, 2.75) is 33.1 Å². The molecule has 2 aromatic carbocycles. The summed E-state index contributed by atoms with van der Waals surface area (Å²) in [6.45, 7) is 4.07. The van der Waals surface area contributed by atoms with Crippen molar-refractivity contribution in [2.24, 2.45) is 0 Å². The van der Waals surface area contributed by atoms with Gasteiger partial charge in [-0.25, -0.2) is 0 Å². The molecule has 98 valence electrons. The molecule has 0 aliphatic carbocycles. The first-order chi connectivity index (χ1) is 9.22. The Kier molecular flexibility index (Phi) is 4.51. The molecule has 19 heavy (non-hydrogen) atoms. The maximum Gasteiger partial charge on any atom is 0.136 e. The van der Waals surface area contributed by atoms with Gasteiger partial charge in [-0.3, -0.25) is 4.79 Å². The summed E-state index contributed by atoms with van der Waals surface area (Å²) < 4.78 is 0. The lowest BCUT2D eigenvalue weighted by molar-refractivity contribution is -0.118. The quantitative estimate of drug-likeness (QED) is 0.769. The normalized spacial score (nSPS) is 10.4. The largest absolute Gasteiger partial charge is 0.299 e. The number of carbonyl (C=O) groups is 1. The van der Waals surface area contributed by atoms with Gasteiger partial charge in [0.25, 0.3) is 0 Å². The second-order valence-electron chi connectivity index (χ2n) is 4.82. The summed E-state index contributed by atoms with van der Waals surface area (Å²) in [5, 5.41) is 0. The fourth-order valence-corrected chi connectivity index (χ4v) is 2.10. The minimum absolute atomic E-state index is 0.292. The van der Waals surface area contributed by atoms with E-state index in [0.29, 0.717) is 18.6 Å². The molecule has 0 aliphatic rings. The summed E-state index contributed by atoms with van der Waals surface area (Å²) >= 11 is 0. The standard InChI is InChI=1S/C18H20O/c1-3-14-5-9-16(10-6-14)17-11-7-15(8-12-17)13-18(19)4-2/h5-12H,3-4,13H2,1-2H3. The third kappa shape index (κ3) is 3.54. The number of benzene rings is 2.